The van der Waals surface area contributed by atoms with Gasteiger partial charge in [-0.1, -0.05) is 6.92 Å². The minimum absolute atomic E-state index is 0.0150. The monoisotopic (exact) mass is 375 g/mol. The molecule has 2 aromatic heterocycles. The lowest BCUT2D eigenvalue weighted by molar-refractivity contribution is -0.0252. The number of anilines is 1. The van der Waals surface area contributed by atoms with Gasteiger partial charge in [0.1, 0.15) is 6.23 Å². The molecule has 0 saturated carbocycles. The number of ether oxygens (including phenoxy) is 1. The van der Waals surface area contributed by atoms with Crippen LogP contribution < -0.4 is 11.3 Å². The second kappa shape index (κ2) is 6.51. The smallest absolute Gasteiger partial charge is 0.324 e. The van der Waals surface area contributed by atoms with Gasteiger partial charge in [0.25, 0.3) is 5.56 Å². The highest BCUT2D eigenvalue weighted by Gasteiger charge is 2.35. The van der Waals surface area contributed by atoms with E-state index < -0.39 is 12.3 Å². The summed E-state index contributed by atoms with van der Waals surface area (Å²) in [4.78, 5) is 32.1. The van der Waals surface area contributed by atoms with Crippen molar-refractivity contribution in [2.75, 3.05) is 19.5 Å². The van der Waals surface area contributed by atoms with Crippen LogP contribution in [0.15, 0.2) is 11.1 Å². The maximum Gasteiger partial charge on any atom is 0.324 e. The molecule has 1 aliphatic rings. The number of hydrogen-bond acceptors (Lipinski definition) is 8. The van der Waals surface area contributed by atoms with Gasteiger partial charge < -0.3 is 24.4 Å². The molecule has 0 bridgehead atoms. The molecular formula is C12H18N5O5PS. The lowest BCUT2D eigenvalue weighted by atomic mass is 10.0. The SMILES string of the molecule is COP(O)(=S)OC[C@H]1O[C@@H](n2cnc3c(=O)[nH]c(N)nc32)CC1C. The molecule has 2 unspecified atom stereocenters. The van der Waals surface area contributed by atoms with Crippen molar-refractivity contribution >= 4 is 35.6 Å². The van der Waals surface area contributed by atoms with E-state index in [2.05, 4.69) is 15.0 Å². The first-order valence-electron chi connectivity index (χ1n) is 7.21. The Labute approximate surface area is 142 Å². The first-order valence-corrected chi connectivity index (χ1v) is 9.80. The van der Waals surface area contributed by atoms with Crippen LogP contribution in [0.3, 0.4) is 0 Å². The Morgan fingerprint density at radius 1 is 1.67 bits per heavy atom. The molecule has 3 heterocycles. The van der Waals surface area contributed by atoms with Crippen LogP contribution in [0.25, 0.3) is 11.2 Å². The topological polar surface area (TPSA) is 138 Å². The minimum atomic E-state index is -3.22. The van der Waals surface area contributed by atoms with Crippen LogP contribution in [0.4, 0.5) is 5.95 Å². The number of aromatic amines is 1. The molecule has 4 atom stereocenters. The van der Waals surface area contributed by atoms with Gasteiger partial charge in [0.15, 0.2) is 11.2 Å². The Morgan fingerprint density at radius 3 is 3.12 bits per heavy atom. The number of fused-ring (bicyclic) bond motifs is 1. The molecule has 0 aliphatic carbocycles. The lowest BCUT2D eigenvalue weighted by Gasteiger charge is -2.19. The van der Waals surface area contributed by atoms with Crippen molar-refractivity contribution in [3.05, 3.63) is 16.7 Å². The van der Waals surface area contributed by atoms with Gasteiger partial charge in [0.2, 0.25) is 5.95 Å². The van der Waals surface area contributed by atoms with E-state index in [0.29, 0.717) is 12.1 Å². The van der Waals surface area contributed by atoms with Gasteiger partial charge in [-0.2, -0.15) is 4.98 Å². The zero-order valence-electron chi connectivity index (χ0n) is 13.1. The number of nitrogens with two attached hydrogens (primary N) is 1. The number of H-pyrrole nitrogens is 1. The molecule has 0 spiro atoms. The largest absolute Gasteiger partial charge is 0.369 e. The second-order valence-electron chi connectivity index (χ2n) is 5.56. The molecule has 12 heteroatoms. The summed E-state index contributed by atoms with van der Waals surface area (Å²) in [5, 5.41) is 0. The van der Waals surface area contributed by atoms with E-state index in [1.54, 1.807) is 4.57 Å². The fourth-order valence-electron chi connectivity index (χ4n) is 2.62. The van der Waals surface area contributed by atoms with E-state index in [-0.39, 0.29) is 36.3 Å². The van der Waals surface area contributed by atoms with Crippen molar-refractivity contribution in [3.8, 4) is 0 Å². The molecule has 3 rings (SSSR count). The summed E-state index contributed by atoms with van der Waals surface area (Å²) < 4.78 is 17.6. The van der Waals surface area contributed by atoms with E-state index in [0.717, 1.165) is 0 Å². The van der Waals surface area contributed by atoms with Crippen molar-refractivity contribution in [2.45, 2.75) is 25.7 Å². The summed E-state index contributed by atoms with van der Waals surface area (Å²) >= 11 is 4.81. The quantitative estimate of drug-likeness (QED) is 0.638. The third kappa shape index (κ3) is 3.37. The van der Waals surface area contributed by atoms with E-state index in [1.807, 2.05) is 6.92 Å². The van der Waals surface area contributed by atoms with Gasteiger partial charge in [0.05, 0.1) is 19.0 Å². The highest BCUT2D eigenvalue weighted by atomic mass is 32.5. The van der Waals surface area contributed by atoms with Crippen LogP contribution in [0.1, 0.15) is 19.6 Å². The van der Waals surface area contributed by atoms with E-state index in [1.165, 1.54) is 13.4 Å². The zero-order valence-corrected chi connectivity index (χ0v) is 14.8. The third-order valence-electron chi connectivity index (χ3n) is 3.93. The molecule has 0 amide bonds. The average Bonchev–Trinajstić information content (AvgIpc) is 3.09. The maximum absolute atomic E-state index is 11.8. The summed E-state index contributed by atoms with van der Waals surface area (Å²) in [6.45, 7) is -1.12. The standard InChI is InChI=1S/C12H18N5O5PS/c1-6-3-8(22-7(6)4-21-23(19,24)20-2)17-5-14-9-10(17)15-12(13)16-11(9)18/h5-8H,3-4H2,1-2H3,(H,19,24)(H3,13,15,16,18)/t6?,7-,8-,23?/m1/s1. The Kier molecular flexibility index (Phi) is 4.73. The number of aromatic nitrogens is 4. The van der Waals surface area contributed by atoms with Gasteiger partial charge in [-0.15, -0.1) is 0 Å². The Balaban J connectivity index is 1.80. The van der Waals surface area contributed by atoms with E-state index >= 15 is 0 Å². The van der Waals surface area contributed by atoms with Crippen LogP contribution in [0.2, 0.25) is 0 Å². The second-order valence-corrected chi connectivity index (χ2v) is 8.51. The third-order valence-corrected chi connectivity index (χ3v) is 5.63. The summed E-state index contributed by atoms with van der Waals surface area (Å²) in [6.07, 6.45) is 1.51. The van der Waals surface area contributed by atoms with Gasteiger partial charge in [-0.05, 0) is 24.1 Å². The van der Waals surface area contributed by atoms with Gasteiger partial charge in [-0.3, -0.25) is 14.3 Å². The van der Waals surface area contributed by atoms with Crippen LogP contribution in [0, 0.1) is 5.92 Å². The molecule has 2 aromatic rings. The van der Waals surface area contributed by atoms with Crippen molar-refractivity contribution in [1.82, 2.24) is 19.5 Å². The normalized spacial score (nSPS) is 26.7. The van der Waals surface area contributed by atoms with Crippen molar-refractivity contribution in [3.63, 3.8) is 0 Å². The highest BCUT2D eigenvalue weighted by molar-refractivity contribution is 8.07. The van der Waals surface area contributed by atoms with Crippen molar-refractivity contribution < 1.29 is 18.7 Å². The van der Waals surface area contributed by atoms with Crippen molar-refractivity contribution in [2.24, 2.45) is 5.92 Å². The number of imidazole rings is 1. The molecular weight excluding hydrogens is 357 g/mol. The molecule has 10 nitrogen and oxygen atoms in total. The summed E-state index contributed by atoms with van der Waals surface area (Å²) in [7, 11) is 1.30. The van der Waals surface area contributed by atoms with Gasteiger partial charge in [-0.25, -0.2) is 4.98 Å². The maximum atomic E-state index is 11.8. The highest BCUT2D eigenvalue weighted by Crippen LogP contribution is 2.44. The molecule has 1 saturated heterocycles. The Bertz CT molecular complexity index is 854. The fraction of sp³-hybridized carbons (Fsp3) is 0.583. The number of nitrogens with zero attached hydrogens (tertiary/aromatic N) is 3. The van der Waals surface area contributed by atoms with Crippen LogP contribution in [-0.4, -0.2) is 44.2 Å². The summed E-state index contributed by atoms with van der Waals surface area (Å²) in [6, 6.07) is 0. The van der Waals surface area contributed by atoms with Crippen LogP contribution in [-0.2, 0) is 25.6 Å². The number of rotatable bonds is 5. The first kappa shape index (κ1) is 17.5. The zero-order chi connectivity index (χ0) is 17.5. The molecule has 0 aromatic carbocycles. The average molecular weight is 375 g/mol. The minimum Gasteiger partial charge on any atom is -0.369 e. The van der Waals surface area contributed by atoms with Gasteiger partial charge >= 0.3 is 6.72 Å². The predicted molar refractivity (Wildman–Crippen MR) is 89.7 cm³/mol. The number of nitrogen functional groups attached to an aromatic ring is 1. The van der Waals surface area contributed by atoms with Crippen LogP contribution in [0.5, 0.6) is 0 Å². The lowest BCUT2D eigenvalue weighted by Crippen LogP contribution is -2.20. The van der Waals surface area contributed by atoms with Crippen molar-refractivity contribution in [1.29, 1.82) is 0 Å². The summed E-state index contributed by atoms with van der Waals surface area (Å²) in [5.74, 6) is 0.153. The summed E-state index contributed by atoms with van der Waals surface area (Å²) in [5.41, 5.74) is 5.76. The molecule has 132 valence electrons. The predicted octanol–water partition coefficient (Wildman–Crippen LogP) is 0.505. The molecule has 1 aliphatic heterocycles. The van der Waals surface area contributed by atoms with Crippen LogP contribution >= 0.6 is 6.72 Å². The van der Waals surface area contributed by atoms with E-state index in [4.69, 9.17) is 31.3 Å². The van der Waals surface area contributed by atoms with Gasteiger partial charge in [0, 0.05) is 7.11 Å². The van der Waals surface area contributed by atoms with E-state index in [9.17, 15) is 9.69 Å². The first-order chi connectivity index (χ1) is 11.3. The molecule has 24 heavy (non-hydrogen) atoms. The fourth-order valence-corrected chi connectivity index (χ4v) is 3.24. The number of nitrogens with one attached hydrogen (secondary N) is 1. The number of hydrogen-bond donors (Lipinski definition) is 3. The Morgan fingerprint density at radius 2 is 2.42 bits per heavy atom. The molecule has 1 fully saturated rings. The Hall–Kier alpha value is -1.36. The molecule has 0 radical (unpaired) electrons. The molecule has 4 N–H and O–H groups in total.